The maximum absolute atomic E-state index is 4.52. The highest BCUT2D eigenvalue weighted by Crippen LogP contribution is 2.14. The molecule has 1 N–H and O–H groups in total. The first-order chi connectivity index (χ1) is 10.2. The number of rotatable bonds is 4. The van der Waals surface area contributed by atoms with Gasteiger partial charge in [-0.15, -0.1) is 0 Å². The van der Waals surface area contributed by atoms with E-state index >= 15 is 0 Å². The van der Waals surface area contributed by atoms with Crippen LogP contribution in [0.4, 0.5) is 0 Å². The van der Waals surface area contributed by atoms with Crippen LogP contribution in [0.25, 0.3) is 0 Å². The molecule has 0 spiro atoms. The minimum atomic E-state index is 0.546. The lowest BCUT2D eigenvalue weighted by Crippen LogP contribution is -2.48. The standard InChI is InChI=1S/C17H28N4/c1-4-18-17(20(2)3)19-16-10-12-21(13-11-16)14-15-8-6-5-7-9-15/h5-9,16H,4,10-14H2,1-3H3,(H,18,19). The van der Waals surface area contributed by atoms with Crippen molar-refractivity contribution < 1.29 is 0 Å². The second-order valence-corrected chi connectivity index (χ2v) is 5.87. The normalized spacial score (nSPS) is 17.8. The van der Waals surface area contributed by atoms with Crippen molar-refractivity contribution in [3.05, 3.63) is 35.9 Å². The molecule has 1 aliphatic rings. The molecule has 0 saturated carbocycles. The van der Waals surface area contributed by atoms with Crippen molar-refractivity contribution in [3.63, 3.8) is 0 Å². The number of guanidine groups is 1. The minimum absolute atomic E-state index is 0.546. The Kier molecular flexibility index (Phi) is 6.05. The average Bonchev–Trinajstić information content (AvgIpc) is 2.49. The smallest absolute Gasteiger partial charge is 0.193 e. The van der Waals surface area contributed by atoms with Crippen LogP contribution in [0.2, 0.25) is 0 Å². The zero-order valence-electron chi connectivity index (χ0n) is 13.5. The maximum Gasteiger partial charge on any atom is 0.193 e. The van der Waals surface area contributed by atoms with E-state index in [4.69, 9.17) is 0 Å². The molecule has 1 aromatic rings. The van der Waals surface area contributed by atoms with Crippen LogP contribution >= 0.6 is 0 Å². The molecule has 21 heavy (non-hydrogen) atoms. The summed E-state index contributed by atoms with van der Waals surface area (Å²) in [6.07, 6.45) is 2.37. The van der Waals surface area contributed by atoms with Crippen molar-refractivity contribution >= 4 is 5.96 Å². The minimum Gasteiger partial charge on any atom is -0.353 e. The highest BCUT2D eigenvalue weighted by Gasteiger charge is 2.20. The van der Waals surface area contributed by atoms with E-state index in [1.165, 1.54) is 18.4 Å². The molecular weight excluding hydrogens is 260 g/mol. The first kappa shape index (κ1) is 15.8. The van der Waals surface area contributed by atoms with Crippen molar-refractivity contribution in [2.75, 3.05) is 33.7 Å². The summed E-state index contributed by atoms with van der Waals surface area (Å²) in [4.78, 5) is 9.13. The largest absolute Gasteiger partial charge is 0.353 e. The first-order valence-electron chi connectivity index (χ1n) is 7.93. The summed E-state index contributed by atoms with van der Waals surface area (Å²) >= 11 is 0. The second-order valence-electron chi connectivity index (χ2n) is 5.87. The number of nitrogens with zero attached hydrogens (tertiary/aromatic N) is 3. The molecule has 1 heterocycles. The summed E-state index contributed by atoms with van der Waals surface area (Å²) in [6, 6.07) is 11.3. The summed E-state index contributed by atoms with van der Waals surface area (Å²) in [6.45, 7) is 6.27. The van der Waals surface area contributed by atoms with Crippen LogP contribution in [0.5, 0.6) is 0 Å². The third kappa shape index (κ3) is 5.05. The van der Waals surface area contributed by atoms with Gasteiger partial charge in [0.1, 0.15) is 0 Å². The molecular formula is C17H28N4. The van der Waals surface area contributed by atoms with Crippen molar-refractivity contribution in [2.45, 2.75) is 32.4 Å². The Morgan fingerprint density at radius 3 is 2.48 bits per heavy atom. The Morgan fingerprint density at radius 1 is 1.24 bits per heavy atom. The molecule has 4 nitrogen and oxygen atoms in total. The Bertz CT molecular complexity index is 433. The van der Waals surface area contributed by atoms with Crippen LogP contribution < -0.4 is 5.32 Å². The van der Waals surface area contributed by atoms with E-state index < -0.39 is 0 Å². The van der Waals surface area contributed by atoms with Gasteiger partial charge in [0.05, 0.1) is 0 Å². The van der Waals surface area contributed by atoms with Gasteiger partial charge in [0, 0.05) is 46.3 Å². The number of piperidine rings is 1. The zero-order chi connectivity index (χ0) is 15.1. The topological polar surface area (TPSA) is 30.9 Å². The molecule has 0 atom stereocenters. The summed E-state index contributed by atoms with van der Waals surface area (Å²) < 4.78 is 0. The fourth-order valence-corrected chi connectivity index (χ4v) is 2.73. The lowest BCUT2D eigenvalue weighted by atomic mass is 10.0. The molecule has 116 valence electrons. The highest BCUT2D eigenvalue weighted by molar-refractivity contribution is 5.79. The quantitative estimate of drug-likeness (QED) is 0.680. The van der Waals surface area contributed by atoms with Gasteiger partial charge in [-0.1, -0.05) is 30.3 Å². The fraction of sp³-hybridized carbons (Fsp3) is 0.588. The van der Waals surface area contributed by atoms with Crippen LogP contribution in [0.3, 0.4) is 0 Å². The van der Waals surface area contributed by atoms with E-state index in [2.05, 4.69) is 57.4 Å². The first-order valence-corrected chi connectivity index (χ1v) is 7.93. The maximum atomic E-state index is 4.52. The van der Waals surface area contributed by atoms with Crippen LogP contribution in [-0.2, 0) is 6.54 Å². The Hall–Kier alpha value is -1.55. The van der Waals surface area contributed by atoms with E-state index in [-0.39, 0.29) is 0 Å². The van der Waals surface area contributed by atoms with Gasteiger partial charge in [-0.05, 0) is 25.3 Å². The fourth-order valence-electron chi connectivity index (χ4n) is 2.73. The predicted molar refractivity (Wildman–Crippen MR) is 89.5 cm³/mol. The Morgan fingerprint density at radius 2 is 1.90 bits per heavy atom. The number of hydrogen-bond acceptors (Lipinski definition) is 2. The number of nitrogens with one attached hydrogen (secondary N) is 1. The summed E-state index contributed by atoms with van der Waals surface area (Å²) in [5.41, 5.74) is 1.41. The molecule has 1 aliphatic heterocycles. The second kappa shape index (κ2) is 8.03. The van der Waals surface area contributed by atoms with Crippen LogP contribution in [0, 0.1) is 0 Å². The van der Waals surface area contributed by atoms with E-state index in [1.807, 2.05) is 14.1 Å². The van der Waals surface area contributed by atoms with Crippen molar-refractivity contribution in [3.8, 4) is 0 Å². The predicted octanol–water partition coefficient (Wildman–Crippen LogP) is 2.18. The third-order valence-corrected chi connectivity index (χ3v) is 3.90. The number of aliphatic imine (C=N–C) groups is 1. The molecule has 0 aromatic heterocycles. The summed E-state index contributed by atoms with van der Waals surface area (Å²) in [7, 11) is 4.10. The van der Waals surface area contributed by atoms with E-state index in [1.54, 1.807) is 0 Å². The highest BCUT2D eigenvalue weighted by atomic mass is 15.3. The van der Waals surface area contributed by atoms with Gasteiger partial charge < -0.3 is 10.2 Å². The van der Waals surface area contributed by atoms with Crippen molar-refractivity contribution in [1.82, 2.24) is 15.1 Å². The molecule has 4 heteroatoms. The molecule has 1 aromatic carbocycles. The van der Waals surface area contributed by atoms with Gasteiger partial charge in [-0.2, -0.15) is 0 Å². The summed E-state index contributed by atoms with van der Waals surface area (Å²) in [5.74, 6) is 1.01. The number of hydrogen-bond donors (Lipinski definition) is 1. The van der Waals surface area contributed by atoms with Gasteiger partial charge in [0.2, 0.25) is 0 Å². The van der Waals surface area contributed by atoms with Gasteiger partial charge in [-0.25, -0.2) is 0 Å². The lowest BCUT2D eigenvalue weighted by Gasteiger charge is -2.34. The van der Waals surface area contributed by atoms with Gasteiger partial charge >= 0.3 is 0 Å². The third-order valence-electron chi connectivity index (χ3n) is 3.90. The van der Waals surface area contributed by atoms with E-state index in [0.29, 0.717) is 6.04 Å². The zero-order valence-corrected chi connectivity index (χ0v) is 13.5. The molecule has 1 fully saturated rings. The van der Waals surface area contributed by atoms with E-state index in [0.717, 1.165) is 32.1 Å². The van der Waals surface area contributed by atoms with E-state index in [9.17, 15) is 0 Å². The van der Waals surface area contributed by atoms with Gasteiger partial charge in [-0.3, -0.25) is 9.89 Å². The van der Waals surface area contributed by atoms with Gasteiger partial charge in [0.25, 0.3) is 0 Å². The monoisotopic (exact) mass is 288 g/mol. The lowest BCUT2D eigenvalue weighted by molar-refractivity contribution is 0.197. The number of benzene rings is 1. The molecule has 2 rings (SSSR count). The van der Waals surface area contributed by atoms with Crippen LogP contribution in [-0.4, -0.2) is 55.5 Å². The Balaban J connectivity index is 1.79. The Labute approximate surface area is 128 Å². The van der Waals surface area contributed by atoms with Gasteiger partial charge in [0.15, 0.2) is 5.96 Å². The van der Waals surface area contributed by atoms with Crippen molar-refractivity contribution in [2.24, 2.45) is 4.99 Å². The molecule has 0 amide bonds. The van der Waals surface area contributed by atoms with Crippen molar-refractivity contribution in [1.29, 1.82) is 0 Å². The molecule has 0 unspecified atom stereocenters. The number of likely N-dealkylation sites (tertiary alicyclic amines) is 1. The summed E-state index contributed by atoms with van der Waals surface area (Å²) in [5, 5.41) is 3.59. The average molecular weight is 288 g/mol. The van der Waals surface area contributed by atoms with Crippen LogP contribution in [0.15, 0.2) is 35.3 Å². The molecule has 0 bridgehead atoms. The molecule has 1 saturated heterocycles. The molecule has 0 radical (unpaired) electrons. The van der Waals surface area contributed by atoms with Crippen LogP contribution in [0.1, 0.15) is 25.3 Å². The SMILES string of the molecule is CCN=C(NC1CCN(Cc2ccccc2)CC1)N(C)C. The molecule has 0 aliphatic carbocycles.